The minimum atomic E-state index is -0.0375. The van der Waals surface area contributed by atoms with Gasteiger partial charge in [-0.25, -0.2) is 0 Å². The molecule has 2 amide bonds. The first kappa shape index (κ1) is 23.5. The lowest BCUT2D eigenvalue weighted by Gasteiger charge is -2.48. The third-order valence-electron chi connectivity index (χ3n) is 7.21. The Labute approximate surface area is 196 Å². The number of amides is 2. The zero-order chi connectivity index (χ0) is 22.4. The van der Waals surface area contributed by atoms with Crippen LogP contribution in [0.25, 0.3) is 0 Å². The third kappa shape index (κ3) is 5.63. The summed E-state index contributed by atoms with van der Waals surface area (Å²) in [5.41, 5.74) is 0.624. The second-order valence-corrected chi connectivity index (χ2v) is 9.62. The largest absolute Gasteiger partial charge is 0.379 e. The van der Waals surface area contributed by atoms with Gasteiger partial charge in [-0.05, 0) is 25.0 Å². The van der Waals surface area contributed by atoms with Crippen LogP contribution >= 0.6 is 11.6 Å². The molecule has 0 atom stereocenters. The summed E-state index contributed by atoms with van der Waals surface area (Å²) in [4.78, 5) is 32.0. The van der Waals surface area contributed by atoms with Crippen molar-refractivity contribution in [2.24, 2.45) is 0 Å². The molecule has 4 rings (SSSR count). The number of carbonyl (C=O) groups excluding carboxylic acids is 2. The zero-order valence-electron chi connectivity index (χ0n) is 18.9. The van der Waals surface area contributed by atoms with Gasteiger partial charge < -0.3 is 15.0 Å². The average Bonchev–Trinajstić information content (AvgIpc) is 2.84. The maximum absolute atomic E-state index is 12.8. The van der Waals surface area contributed by atoms with Gasteiger partial charge in [0.1, 0.15) is 0 Å². The third-order valence-corrected chi connectivity index (χ3v) is 7.54. The second-order valence-electron chi connectivity index (χ2n) is 9.21. The molecule has 1 aliphatic carbocycles. The molecule has 32 heavy (non-hydrogen) atoms. The molecule has 176 valence electrons. The first-order chi connectivity index (χ1) is 15.6. The topological polar surface area (TPSA) is 65.1 Å². The van der Waals surface area contributed by atoms with Gasteiger partial charge in [0.15, 0.2) is 0 Å². The van der Waals surface area contributed by atoms with Gasteiger partial charge in [0.25, 0.3) is 5.91 Å². The lowest BCUT2D eigenvalue weighted by Crippen LogP contribution is -2.60. The molecular weight excluding hydrogens is 428 g/mol. The molecule has 8 heteroatoms. The summed E-state index contributed by atoms with van der Waals surface area (Å²) in [6, 6.07) is 7.16. The van der Waals surface area contributed by atoms with Crippen LogP contribution < -0.4 is 5.32 Å². The Morgan fingerprint density at radius 3 is 2.34 bits per heavy atom. The highest BCUT2D eigenvalue weighted by Crippen LogP contribution is 2.33. The number of nitrogens with zero attached hydrogens (tertiary/aromatic N) is 3. The number of ether oxygens (including phenoxy) is 1. The fourth-order valence-corrected chi connectivity index (χ4v) is 5.51. The van der Waals surface area contributed by atoms with Gasteiger partial charge in [0, 0.05) is 51.4 Å². The second kappa shape index (κ2) is 11.0. The molecule has 1 N–H and O–H groups in total. The summed E-state index contributed by atoms with van der Waals surface area (Å²) >= 11 is 6.18. The van der Waals surface area contributed by atoms with Crippen molar-refractivity contribution in [3.05, 3.63) is 34.9 Å². The fraction of sp³-hybridized carbons (Fsp3) is 0.667. The van der Waals surface area contributed by atoms with Crippen LogP contribution in [0.4, 0.5) is 0 Å². The number of morpholine rings is 1. The molecule has 0 bridgehead atoms. The number of halogens is 1. The summed E-state index contributed by atoms with van der Waals surface area (Å²) in [5, 5.41) is 3.73. The number of hydrogen-bond donors (Lipinski definition) is 1. The Balaban J connectivity index is 1.25. The molecule has 1 saturated carbocycles. The van der Waals surface area contributed by atoms with Crippen LogP contribution in [0.3, 0.4) is 0 Å². The van der Waals surface area contributed by atoms with Crippen molar-refractivity contribution < 1.29 is 14.3 Å². The highest BCUT2D eigenvalue weighted by Gasteiger charge is 2.39. The summed E-state index contributed by atoms with van der Waals surface area (Å²) in [6.07, 6.45) is 6.05. The van der Waals surface area contributed by atoms with E-state index in [4.69, 9.17) is 16.3 Å². The van der Waals surface area contributed by atoms with E-state index in [1.54, 1.807) is 12.1 Å². The van der Waals surface area contributed by atoms with Gasteiger partial charge in [-0.2, -0.15) is 0 Å². The van der Waals surface area contributed by atoms with E-state index in [2.05, 4.69) is 15.1 Å². The molecule has 3 fully saturated rings. The van der Waals surface area contributed by atoms with E-state index >= 15 is 0 Å². The molecule has 2 heterocycles. The van der Waals surface area contributed by atoms with E-state index < -0.39 is 0 Å². The smallest absolute Gasteiger partial charge is 0.255 e. The lowest BCUT2D eigenvalue weighted by molar-refractivity contribution is -0.123. The van der Waals surface area contributed by atoms with Crippen LogP contribution in [0.5, 0.6) is 0 Å². The quantitative estimate of drug-likeness (QED) is 0.702. The highest BCUT2D eigenvalue weighted by atomic mass is 35.5. The molecule has 0 spiro atoms. The zero-order valence-corrected chi connectivity index (χ0v) is 19.6. The number of carbonyl (C=O) groups is 2. The predicted molar refractivity (Wildman–Crippen MR) is 125 cm³/mol. The minimum absolute atomic E-state index is 0.0375. The molecule has 0 aromatic heterocycles. The van der Waals surface area contributed by atoms with Crippen molar-refractivity contribution in [2.75, 3.05) is 65.6 Å². The van der Waals surface area contributed by atoms with Gasteiger partial charge in [0.05, 0.1) is 30.3 Å². The van der Waals surface area contributed by atoms with Gasteiger partial charge >= 0.3 is 0 Å². The Morgan fingerprint density at radius 2 is 1.66 bits per heavy atom. The number of rotatable bonds is 6. The molecule has 7 nitrogen and oxygen atoms in total. The molecule has 2 aliphatic heterocycles. The van der Waals surface area contributed by atoms with Crippen molar-refractivity contribution in [1.29, 1.82) is 0 Å². The van der Waals surface area contributed by atoms with E-state index in [9.17, 15) is 9.59 Å². The first-order valence-electron chi connectivity index (χ1n) is 11.9. The number of hydrogen-bond acceptors (Lipinski definition) is 5. The minimum Gasteiger partial charge on any atom is -0.379 e. The van der Waals surface area contributed by atoms with Crippen molar-refractivity contribution in [3.63, 3.8) is 0 Å². The summed E-state index contributed by atoms with van der Waals surface area (Å²) in [6.45, 7) is 7.18. The van der Waals surface area contributed by atoms with Crippen molar-refractivity contribution >= 4 is 23.4 Å². The Hall–Kier alpha value is -1.67. The maximum Gasteiger partial charge on any atom is 0.255 e. The average molecular weight is 463 g/mol. The van der Waals surface area contributed by atoms with Crippen LogP contribution in [-0.4, -0.2) is 97.6 Å². The van der Waals surface area contributed by atoms with Crippen molar-refractivity contribution in [3.8, 4) is 0 Å². The summed E-state index contributed by atoms with van der Waals surface area (Å²) in [7, 11) is 0. The van der Waals surface area contributed by atoms with Gasteiger partial charge in [-0.15, -0.1) is 0 Å². The number of nitrogens with one attached hydrogen (secondary N) is 1. The van der Waals surface area contributed by atoms with E-state index in [-0.39, 0.29) is 17.4 Å². The Morgan fingerprint density at radius 1 is 0.969 bits per heavy atom. The number of piperazine rings is 1. The predicted octanol–water partition coefficient (Wildman–Crippen LogP) is 2.25. The molecule has 2 saturated heterocycles. The van der Waals surface area contributed by atoms with Crippen LogP contribution in [0.15, 0.2) is 24.3 Å². The Kier molecular flexibility index (Phi) is 8.05. The normalized spacial score (nSPS) is 22.5. The standard InChI is InChI=1S/C24H35ClN4O3/c25-21-7-3-2-6-20(21)23(31)28-12-10-27(11-13-28)18-22(30)26-19-24(8-4-1-5-9-24)29-14-16-32-17-15-29/h2-3,6-7H,1,4-5,8-19H2,(H,26,30). The summed E-state index contributed by atoms with van der Waals surface area (Å²) in [5.74, 6) is 0.0403. The number of benzene rings is 1. The van der Waals surface area contributed by atoms with Gasteiger partial charge in [-0.3, -0.25) is 19.4 Å². The molecule has 1 aromatic carbocycles. The van der Waals surface area contributed by atoms with E-state index in [1.165, 1.54) is 19.3 Å². The van der Waals surface area contributed by atoms with Crippen LogP contribution in [0, 0.1) is 0 Å². The van der Waals surface area contributed by atoms with Crippen LogP contribution in [0.2, 0.25) is 5.02 Å². The van der Waals surface area contributed by atoms with E-state index in [1.807, 2.05) is 17.0 Å². The van der Waals surface area contributed by atoms with Crippen LogP contribution in [0.1, 0.15) is 42.5 Å². The van der Waals surface area contributed by atoms with Crippen LogP contribution in [-0.2, 0) is 9.53 Å². The van der Waals surface area contributed by atoms with Gasteiger partial charge in [0.2, 0.25) is 5.91 Å². The monoisotopic (exact) mass is 462 g/mol. The van der Waals surface area contributed by atoms with Gasteiger partial charge in [-0.1, -0.05) is 43.0 Å². The molecule has 0 unspecified atom stereocenters. The first-order valence-corrected chi connectivity index (χ1v) is 12.3. The van der Waals surface area contributed by atoms with E-state index in [0.29, 0.717) is 43.3 Å². The fourth-order valence-electron chi connectivity index (χ4n) is 5.29. The SMILES string of the molecule is O=C(CN1CCN(C(=O)c2ccccc2Cl)CC1)NCC1(N2CCOCC2)CCCCC1. The lowest BCUT2D eigenvalue weighted by atomic mass is 9.79. The van der Waals surface area contributed by atoms with E-state index in [0.717, 1.165) is 45.7 Å². The van der Waals surface area contributed by atoms with Crippen molar-refractivity contribution in [1.82, 2.24) is 20.0 Å². The molecule has 1 aromatic rings. The van der Waals surface area contributed by atoms with Crippen molar-refractivity contribution in [2.45, 2.75) is 37.6 Å². The highest BCUT2D eigenvalue weighted by molar-refractivity contribution is 6.33. The molecule has 3 aliphatic rings. The summed E-state index contributed by atoms with van der Waals surface area (Å²) < 4.78 is 5.55. The Bertz CT molecular complexity index is 785. The molecular formula is C24H35ClN4O3. The molecule has 0 radical (unpaired) electrons. The maximum atomic E-state index is 12.8.